The molecule has 0 unspecified atom stereocenters. The Labute approximate surface area is 179 Å². The fourth-order valence-corrected chi connectivity index (χ4v) is 3.88. The highest BCUT2D eigenvalue weighted by atomic mass is 32.2. The molecule has 30 heavy (non-hydrogen) atoms. The van der Waals surface area contributed by atoms with E-state index in [1.807, 2.05) is 30.3 Å². The van der Waals surface area contributed by atoms with Gasteiger partial charge in [0.1, 0.15) is 5.82 Å². The van der Waals surface area contributed by atoms with E-state index >= 15 is 0 Å². The summed E-state index contributed by atoms with van der Waals surface area (Å²) in [5, 5.41) is 3.39. The molecule has 3 rings (SSSR count). The summed E-state index contributed by atoms with van der Waals surface area (Å²) in [5.74, 6) is -0.222. The van der Waals surface area contributed by atoms with Gasteiger partial charge in [-0.05, 0) is 36.6 Å². The highest BCUT2D eigenvalue weighted by molar-refractivity contribution is 7.99. The molecule has 156 valence electrons. The van der Waals surface area contributed by atoms with E-state index in [-0.39, 0.29) is 23.0 Å². The maximum absolute atomic E-state index is 13.1. The number of hydrogen-bond donors (Lipinski definition) is 1. The quantitative estimate of drug-likeness (QED) is 0.444. The van der Waals surface area contributed by atoms with Gasteiger partial charge in [0.15, 0.2) is 5.16 Å². The van der Waals surface area contributed by atoms with Crippen molar-refractivity contribution < 1.29 is 9.18 Å². The summed E-state index contributed by atoms with van der Waals surface area (Å²) in [4.78, 5) is 29.5. The van der Waals surface area contributed by atoms with Crippen molar-refractivity contribution in [2.75, 3.05) is 12.3 Å². The summed E-state index contributed by atoms with van der Waals surface area (Å²) >= 11 is 1.24. The Morgan fingerprint density at radius 1 is 1.10 bits per heavy atom. The molecule has 0 aliphatic heterocycles. The van der Waals surface area contributed by atoms with Crippen molar-refractivity contribution in [3.8, 4) is 0 Å². The van der Waals surface area contributed by atoms with Gasteiger partial charge >= 0.3 is 0 Å². The number of aryl methyl sites for hydroxylation is 1. The molecule has 0 spiro atoms. The average Bonchev–Trinajstić information content (AvgIpc) is 2.75. The van der Waals surface area contributed by atoms with Crippen molar-refractivity contribution in [2.24, 2.45) is 7.05 Å². The molecule has 2 aromatic carbocycles. The number of carbonyl (C=O) groups is 1. The number of aromatic nitrogens is 2. The maximum Gasteiger partial charge on any atom is 0.257 e. The fourth-order valence-electron chi connectivity index (χ4n) is 3.04. The third-order valence-corrected chi connectivity index (χ3v) is 5.78. The van der Waals surface area contributed by atoms with Gasteiger partial charge in [0.2, 0.25) is 5.91 Å². The smallest absolute Gasteiger partial charge is 0.257 e. The molecular weight excluding hydrogens is 401 g/mol. The molecule has 0 radical (unpaired) electrons. The monoisotopic (exact) mass is 425 g/mol. The van der Waals surface area contributed by atoms with Crippen LogP contribution in [0.5, 0.6) is 0 Å². The third kappa shape index (κ3) is 5.79. The lowest BCUT2D eigenvalue weighted by Gasteiger charge is -2.12. The molecular formula is C23H24FN3O2S. The Morgan fingerprint density at radius 3 is 2.50 bits per heavy atom. The molecule has 0 bridgehead atoms. The van der Waals surface area contributed by atoms with Gasteiger partial charge in [-0.15, -0.1) is 0 Å². The third-order valence-electron chi connectivity index (χ3n) is 4.75. The van der Waals surface area contributed by atoms with Crippen LogP contribution in [0.15, 0.2) is 64.5 Å². The number of rotatable bonds is 8. The van der Waals surface area contributed by atoms with E-state index < -0.39 is 0 Å². The minimum Gasteiger partial charge on any atom is -0.355 e. The standard InChI is InChI=1S/C23H24FN3O2S/c1-16-20(14-18-8-10-19(24)11-9-18)22(29)27(2)23(26-16)30-15-21(28)25-13-12-17-6-4-3-5-7-17/h3-11H,12-15H2,1-2H3,(H,25,28). The summed E-state index contributed by atoms with van der Waals surface area (Å²) in [6, 6.07) is 16.0. The van der Waals surface area contributed by atoms with Crippen molar-refractivity contribution in [3.63, 3.8) is 0 Å². The largest absolute Gasteiger partial charge is 0.355 e. The molecule has 0 aliphatic rings. The number of nitrogens with zero attached hydrogens (tertiary/aromatic N) is 2. The van der Waals surface area contributed by atoms with E-state index in [4.69, 9.17) is 0 Å². The van der Waals surface area contributed by atoms with Crippen LogP contribution in [0.3, 0.4) is 0 Å². The van der Waals surface area contributed by atoms with Crippen LogP contribution in [0, 0.1) is 12.7 Å². The van der Waals surface area contributed by atoms with Crippen molar-refractivity contribution in [1.29, 1.82) is 0 Å². The second kappa shape index (κ2) is 10.2. The van der Waals surface area contributed by atoms with Gasteiger partial charge in [0, 0.05) is 31.3 Å². The van der Waals surface area contributed by atoms with Crippen LogP contribution in [-0.2, 0) is 24.7 Å². The lowest BCUT2D eigenvalue weighted by atomic mass is 10.1. The average molecular weight is 426 g/mol. The first kappa shape index (κ1) is 21.8. The van der Waals surface area contributed by atoms with Crippen molar-refractivity contribution in [2.45, 2.75) is 24.9 Å². The molecule has 1 aromatic heterocycles. The highest BCUT2D eigenvalue weighted by Gasteiger charge is 2.14. The highest BCUT2D eigenvalue weighted by Crippen LogP contribution is 2.16. The minimum atomic E-state index is -0.310. The Hall–Kier alpha value is -2.93. The maximum atomic E-state index is 13.1. The van der Waals surface area contributed by atoms with E-state index in [1.165, 1.54) is 34.0 Å². The Kier molecular flexibility index (Phi) is 7.41. The first-order valence-corrected chi connectivity index (χ1v) is 10.7. The minimum absolute atomic E-state index is 0.0989. The van der Waals surface area contributed by atoms with Gasteiger partial charge in [0.25, 0.3) is 5.56 Å². The first-order valence-electron chi connectivity index (χ1n) is 9.68. The number of benzene rings is 2. The number of halogens is 1. The molecule has 1 N–H and O–H groups in total. The molecule has 0 atom stereocenters. The summed E-state index contributed by atoms with van der Waals surface area (Å²) < 4.78 is 14.6. The predicted octanol–water partition coefficient (Wildman–Crippen LogP) is 3.27. The van der Waals surface area contributed by atoms with Crippen molar-refractivity contribution >= 4 is 17.7 Å². The van der Waals surface area contributed by atoms with Crippen LogP contribution >= 0.6 is 11.8 Å². The summed E-state index contributed by atoms with van der Waals surface area (Å²) in [6.45, 7) is 2.34. The Bertz CT molecular complexity index is 1070. The molecule has 1 amide bonds. The van der Waals surface area contributed by atoms with Gasteiger partial charge in [-0.2, -0.15) is 0 Å². The van der Waals surface area contributed by atoms with Crippen LogP contribution in [0.2, 0.25) is 0 Å². The van der Waals surface area contributed by atoms with E-state index in [0.29, 0.717) is 29.4 Å². The number of nitrogens with one attached hydrogen (secondary N) is 1. The van der Waals surface area contributed by atoms with Crippen molar-refractivity contribution in [1.82, 2.24) is 14.9 Å². The van der Waals surface area contributed by atoms with Crippen LogP contribution < -0.4 is 10.9 Å². The number of carbonyl (C=O) groups excluding carboxylic acids is 1. The zero-order chi connectivity index (χ0) is 21.5. The van der Waals surface area contributed by atoms with E-state index in [9.17, 15) is 14.0 Å². The normalized spacial score (nSPS) is 10.8. The number of amides is 1. The van der Waals surface area contributed by atoms with Crippen LogP contribution in [0.1, 0.15) is 22.4 Å². The zero-order valence-corrected chi connectivity index (χ0v) is 17.8. The molecule has 0 saturated heterocycles. The second-order valence-electron chi connectivity index (χ2n) is 7.00. The molecule has 1 heterocycles. The Morgan fingerprint density at radius 2 is 1.80 bits per heavy atom. The van der Waals surface area contributed by atoms with E-state index in [0.717, 1.165) is 12.0 Å². The second-order valence-corrected chi connectivity index (χ2v) is 7.94. The SMILES string of the molecule is Cc1nc(SCC(=O)NCCc2ccccc2)n(C)c(=O)c1Cc1ccc(F)cc1. The predicted molar refractivity (Wildman–Crippen MR) is 117 cm³/mol. The zero-order valence-electron chi connectivity index (χ0n) is 17.0. The molecule has 0 fully saturated rings. The number of hydrogen-bond acceptors (Lipinski definition) is 4. The molecule has 3 aromatic rings. The molecule has 0 aliphatic carbocycles. The van der Waals surface area contributed by atoms with Gasteiger partial charge in [0.05, 0.1) is 5.75 Å². The summed E-state index contributed by atoms with van der Waals surface area (Å²) in [6.07, 6.45) is 1.15. The molecule has 5 nitrogen and oxygen atoms in total. The van der Waals surface area contributed by atoms with Gasteiger partial charge in [-0.25, -0.2) is 9.37 Å². The molecule has 7 heteroatoms. The van der Waals surface area contributed by atoms with Gasteiger partial charge < -0.3 is 5.32 Å². The van der Waals surface area contributed by atoms with E-state index in [1.54, 1.807) is 26.1 Å². The van der Waals surface area contributed by atoms with Crippen LogP contribution in [-0.4, -0.2) is 27.8 Å². The van der Waals surface area contributed by atoms with Gasteiger partial charge in [-0.1, -0.05) is 54.2 Å². The van der Waals surface area contributed by atoms with Gasteiger partial charge in [-0.3, -0.25) is 14.2 Å². The topological polar surface area (TPSA) is 64.0 Å². The van der Waals surface area contributed by atoms with Crippen LogP contribution in [0.4, 0.5) is 4.39 Å². The first-order chi connectivity index (χ1) is 14.4. The molecule has 0 saturated carbocycles. The summed E-state index contributed by atoms with van der Waals surface area (Å²) in [7, 11) is 1.65. The van der Waals surface area contributed by atoms with Crippen LogP contribution in [0.25, 0.3) is 0 Å². The lowest BCUT2D eigenvalue weighted by Crippen LogP contribution is -2.29. The summed E-state index contributed by atoms with van der Waals surface area (Å²) in [5.41, 5.74) is 3.05. The number of thioether (sulfide) groups is 1. The fraction of sp³-hybridized carbons (Fsp3) is 0.261. The Balaban J connectivity index is 1.59. The lowest BCUT2D eigenvalue weighted by molar-refractivity contribution is -0.118. The van der Waals surface area contributed by atoms with Crippen molar-refractivity contribution in [3.05, 3.63) is 93.2 Å². The van der Waals surface area contributed by atoms with E-state index in [2.05, 4.69) is 10.3 Å².